The number of ether oxygens (including phenoxy) is 1. The van der Waals surface area contributed by atoms with E-state index in [9.17, 15) is 9.18 Å². The fourth-order valence-electron chi connectivity index (χ4n) is 1.85. The number of hydrogen-bond donors (Lipinski definition) is 1. The van der Waals surface area contributed by atoms with E-state index in [-0.39, 0.29) is 17.9 Å². The van der Waals surface area contributed by atoms with Gasteiger partial charge in [0, 0.05) is 0 Å². The molecule has 118 valence electrons. The second-order valence-electron chi connectivity index (χ2n) is 4.67. The number of rotatable bonds is 5. The number of nitrogens with zero attached hydrogens (tertiary/aromatic N) is 1. The van der Waals surface area contributed by atoms with E-state index in [1.54, 1.807) is 30.3 Å². The summed E-state index contributed by atoms with van der Waals surface area (Å²) in [4.78, 5) is 12.1. The summed E-state index contributed by atoms with van der Waals surface area (Å²) in [6, 6.07) is 14.3. The Morgan fingerprint density at radius 1 is 1.25 bits per heavy atom. The first kappa shape index (κ1) is 16.8. The van der Waals surface area contributed by atoms with Gasteiger partial charge in [-0.05, 0) is 35.9 Å². The number of para-hydroxylation sites is 1. The van der Waals surface area contributed by atoms with Gasteiger partial charge in [-0.25, -0.2) is 4.39 Å². The average molecular weight is 320 g/mol. The normalized spacial score (nSPS) is 10.4. The van der Waals surface area contributed by atoms with Crippen molar-refractivity contribution in [3.05, 3.63) is 65.5 Å². The molecule has 1 amide bonds. The van der Waals surface area contributed by atoms with Gasteiger partial charge in [0.1, 0.15) is 29.8 Å². The number of benzene rings is 2. The summed E-state index contributed by atoms with van der Waals surface area (Å²) < 4.78 is 18.8. The predicted molar refractivity (Wildman–Crippen MR) is 89.4 cm³/mol. The molecule has 0 heterocycles. The van der Waals surface area contributed by atoms with Gasteiger partial charge in [-0.3, -0.25) is 4.79 Å². The number of nitriles is 1. The maximum Gasteiger partial charge on any atom is 0.266 e. The van der Waals surface area contributed by atoms with Crippen LogP contribution in [0.15, 0.2) is 54.1 Å². The lowest BCUT2D eigenvalue weighted by molar-refractivity contribution is -0.112. The van der Waals surface area contributed by atoms with Crippen LogP contribution in [-0.2, 0) is 4.79 Å². The first-order valence-electron chi connectivity index (χ1n) is 6.98. The molecule has 0 aliphatic heterocycles. The van der Waals surface area contributed by atoms with Crippen LogP contribution in [0.25, 0.3) is 6.08 Å². The van der Waals surface area contributed by atoms with Crippen LogP contribution in [0.2, 0.25) is 0 Å². The third kappa shape index (κ3) is 4.46. The van der Waals surface area contributed by atoms with Crippen LogP contribution in [0.4, 0.5) is 10.1 Å². The van der Waals surface area contributed by atoms with Crippen molar-refractivity contribution in [2.24, 2.45) is 0 Å². The van der Waals surface area contributed by atoms with Crippen LogP contribution in [0.1, 0.15) is 5.56 Å². The second-order valence-corrected chi connectivity index (χ2v) is 4.67. The summed E-state index contributed by atoms with van der Waals surface area (Å²) >= 11 is 0. The smallest absolute Gasteiger partial charge is 0.266 e. The molecule has 0 unspecified atom stereocenters. The van der Waals surface area contributed by atoms with E-state index in [0.717, 1.165) is 0 Å². The Morgan fingerprint density at radius 2 is 1.96 bits per heavy atom. The zero-order chi connectivity index (χ0) is 17.4. The maximum absolute atomic E-state index is 13.5. The average Bonchev–Trinajstić information content (AvgIpc) is 2.60. The second kappa shape index (κ2) is 8.17. The molecule has 2 rings (SSSR count). The summed E-state index contributed by atoms with van der Waals surface area (Å²) in [5.41, 5.74) is 0.500. The van der Waals surface area contributed by atoms with Crippen LogP contribution >= 0.6 is 0 Å². The summed E-state index contributed by atoms with van der Waals surface area (Å²) in [5, 5.41) is 11.5. The summed E-state index contributed by atoms with van der Waals surface area (Å²) in [7, 11) is 0. The van der Waals surface area contributed by atoms with E-state index in [4.69, 9.17) is 16.4 Å². The van der Waals surface area contributed by atoms with Gasteiger partial charge >= 0.3 is 0 Å². The quantitative estimate of drug-likeness (QED) is 0.522. The van der Waals surface area contributed by atoms with Crippen molar-refractivity contribution < 1.29 is 13.9 Å². The Labute approximate surface area is 139 Å². The minimum Gasteiger partial charge on any atom is -0.481 e. The molecule has 4 nitrogen and oxygen atoms in total. The van der Waals surface area contributed by atoms with Gasteiger partial charge in [-0.2, -0.15) is 5.26 Å². The Morgan fingerprint density at radius 3 is 2.58 bits per heavy atom. The van der Waals surface area contributed by atoms with E-state index in [1.807, 2.05) is 6.07 Å². The lowest BCUT2D eigenvalue weighted by Gasteiger charge is -2.05. The standard InChI is InChI=1S/C19H13FN2O2/c1-2-11-24-16-9-7-14(8-10-16)12-15(13-21)19(23)22-18-6-4-3-5-17(18)20/h1,3-10,12H,11H2,(H,22,23)/b15-12-. The molecule has 0 aliphatic rings. The number of terminal acetylenes is 1. The van der Waals surface area contributed by atoms with Crippen LogP contribution < -0.4 is 10.1 Å². The lowest BCUT2D eigenvalue weighted by Crippen LogP contribution is -2.14. The number of anilines is 1. The number of amides is 1. The van der Waals surface area contributed by atoms with Gasteiger partial charge < -0.3 is 10.1 Å². The summed E-state index contributed by atoms with van der Waals surface area (Å²) in [5.74, 6) is 1.68. The van der Waals surface area contributed by atoms with Gasteiger partial charge in [0.2, 0.25) is 0 Å². The molecule has 2 aromatic rings. The molecule has 1 N–H and O–H groups in total. The molecule has 0 aromatic heterocycles. The Balaban J connectivity index is 2.14. The molecule has 0 fully saturated rings. The zero-order valence-corrected chi connectivity index (χ0v) is 12.6. The molecule has 0 spiro atoms. The SMILES string of the molecule is C#CCOc1ccc(/C=C(/C#N)C(=O)Nc2ccccc2F)cc1. The summed E-state index contributed by atoms with van der Waals surface area (Å²) in [6.07, 6.45) is 6.51. The van der Waals surface area contributed by atoms with Crippen molar-refractivity contribution in [3.8, 4) is 24.2 Å². The molecular weight excluding hydrogens is 307 g/mol. The number of nitrogens with one attached hydrogen (secondary N) is 1. The first-order valence-corrected chi connectivity index (χ1v) is 6.98. The van der Waals surface area contributed by atoms with E-state index in [2.05, 4.69) is 11.2 Å². The van der Waals surface area contributed by atoms with Crippen molar-refractivity contribution in [2.45, 2.75) is 0 Å². The topological polar surface area (TPSA) is 62.1 Å². The van der Waals surface area contributed by atoms with Crippen molar-refractivity contribution in [1.29, 1.82) is 5.26 Å². The van der Waals surface area contributed by atoms with E-state index in [1.165, 1.54) is 24.3 Å². The van der Waals surface area contributed by atoms with Gasteiger partial charge in [0.15, 0.2) is 0 Å². The molecule has 24 heavy (non-hydrogen) atoms. The highest BCUT2D eigenvalue weighted by atomic mass is 19.1. The number of carbonyl (C=O) groups excluding carboxylic acids is 1. The minimum absolute atomic E-state index is 0.0154. The molecule has 0 saturated carbocycles. The molecule has 0 atom stereocenters. The number of hydrogen-bond acceptors (Lipinski definition) is 3. The van der Waals surface area contributed by atoms with Crippen molar-refractivity contribution in [3.63, 3.8) is 0 Å². The van der Waals surface area contributed by atoms with Crippen molar-refractivity contribution >= 4 is 17.7 Å². The maximum atomic E-state index is 13.5. The molecule has 0 bridgehead atoms. The van der Waals surface area contributed by atoms with Crippen LogP contribution in [0.5, 0.6) is 5.75 Å². The van der Waals surface area contributed by atoms with Crippen LogP contribution in [0, 0.1) is 29.5 Å². The molecule has 0 aliphatic carbocycles. The van der Waals surface area contributed by atoms with Gasteiger partial charge in [-0.15, -0.1) is 6.42 Å². The third-order valence-corrected chi connectivity index (χ3v) is 3.00. The zero-order valence-electron chi connectivity index (χ0n) is 12.6. The van der Waals surface area contributed by atoms with E-state index >= 15 is 0 Å². The summed E-state index contributed by atoms with van der Waals surface area (Å²) in [6.45, 7) is 0.156. The van der Waals surface area contributed by atoms with E-state index < -0.39 is 11.7 Å². The number of halogens is 1. The Hall–Kier alpha value is -3.57. The van der Waals surface area contributed by atoms with Crippen LogP contribution in [-0.4, -0.2) is 12.5 Å². The van der Waals surface area contributed by atoms with Gasteiger partial charge in [-0.1, -0.05) is 30.2 Å². The first-order chi connectivity index (χ1) is 11.6. The minimum atomic E-state index is -0.685. The van der Waals surface area contributed by atoms with Gasteiger partial charge in [0.25, 0.3) is 5.91 Å². The molecule has 2 aromatic carbocycles. The molecule has 0 saturated heterocycles. The van der Waals surface area contributed by atoms with Crippen molar-refractivity contribution in [1.82, 2.24) is 0 Å². The highest BCUT2D eigenvalue weighted by Crippen LogP contribution is 2.17. The fourth-order valence-corrected chi connectivity index (χ4v) is 1.85. The highest BCUT2D eigenvalue weighted by molar-refractivity contribution is 6.09. The lowest BCUT2D eigenvalue weighted by atomic mass is 10.1. The highest BCUT2D eigenvalue weighted by Gasteiger charge is 2.11. The monoisotopic (exact) mass is 320 g/mol. The molecular formula is C19H13FN2O2. The number of carbonyl (C=O) groups is 1. The molecule has 0 radical (unpaired) electrons. The third-order valence-electron chi connectivity index (χ3n) is 3.00. The fraction of sp³-hybridized carbons (Fsp3) is 0.0526. The Kier molecular flexibility index (Phi) is 5.71. The largest absolute Gasteiger partial charge is 0.481 e. The van der Waals surface area contributed by atoms with Crippen molar-refractivity contribution in [2.75, 3.05) is 11.9 Å². The van der Waals surface area contributed by atoms with Crippen LogP contribution in [0.3, 0.4) is 0 Å². The van der Waals surface area contributed by atoms with E-state index in [0.29, 0.717) is 11.3 Å². The molecule has 5 heteroatoms. The predicted octanol–water partition coefficient (Wildman–Crippen LogP) is 3.38. The Bertz CT molecular complexity index is 843. The van der Waals surface area contributed by atoms with Gasteiger partial charge in [0.05, 0.1) is 5.69 Å².